The third-order valence-electron chi connectivity index (χ3n) is 5.00. The molecule has 0 saturated carbocycles. The number of aliphatic imine (C=N–C) groups is 1. The maximum atomic E-state index is 6.04. The number of hydrogen-bond donors (Lipinski definition) is 1. The number of rotatable bonds is 7. The first-order valence-corrected chi connectivity index (χ1v) is 10.3. The van der Waals surface area contributed by atoms with Crippen molar-refractivity contribution in [2.75, 3.05) is 33.2 Å². The lowest BCUT2D eigenvalue weighted by Gasteiger charge is -2.29. The molecule has 2 heterocycles. The highest BCUT2D eigenvalue weighted by Crippen LogP contribution is 2.20. The first kappa shape index (κ1) is 20.6. The Morgan fingerprint density at radius 3 is 3.04 bits per heavy atom. The Bertz CT molecular complexity index is 793. The van der Waals surface area contributed by atoms with Gasteiger partial charge in [-0.3, -0.25) is 4.90 Å². The Balaban J connectivity index is 1.65. The van der Waals surface area contributed by atoms with E-state index in [1.165, 1.54) is 19.4 Å². The van der Waals surface area contributed by atoms with Gasteiger partial charge in [0, 0.05) is 36.8 Å². The summed E-state index contributed by atoms with van der Waals surface area (Å²) in [6, 6.07) is 7.99. The van der Waals surface area contributed by atoms with Gasteiger partial charge in [-0.25, -0.2) is 4.99 Å². The summed E-state index contributed by atoms with van der Waals surface area (Å²) in [6.07, 6.45) is 2.51. The van der Waals surface area contributed by atoms with E-state index in [0.717, 1.165) is 31.2 Å². The molecule has 1 fully saturated rings. The van der Waals surface area contributed by atoms with Crippen molar-refractivity contribution >= 4 is 17.6 Å². The average Bonchev–Trinajstić information content (AvgIpc) is 3.34. The topological polar surface area (TPSA) is 69.8 Å². The van der Waals surface area contributed by atoms with Gasteiger partial charge in [0.1, 0.15) is 6.54 Å². The molecular weight excluding hydrogens is 376 g/mol. The molecule has 8 heteroatoms. The Hall–Kier alpha value is -2.12. The minimum absolute atomic E-state index is 0.336. The number of likely N-dealkylation sites (N-methyl/N-ethyl adjacent to an activating group) is 2. The average molecular weight is 405 g/mol. The van der Waals surface area contributed by atoms with Crippen LogP contribution in [-0.2, 0) is 6.54 Å². The van der Waals surface area contributed by atoms with Crippen LogP contribution in [0.15, 0.2) is 33.8 Å². The van der Waals surface area contributed by atoms with E-state index in [1.807, 2.05) is 24.3 Å². The van der Waals surface area contributed by atoms with Crippen LogP contribution in [0.25, 0.3) is 11.4 Å². The number of aromatic nitrogens is 2. The van der Waals surface area contributed by atoms with Crippen LogP contribution >= 0.6 is 11.6 Å². The molecule has 2 aromatic rings. The molecule has 3 rings (SSSR count). The van der Waals surface area contributed by atoms with Crippen LogP contribution in [0.1, 0.15) is 32.6 Å². The summed E-state index contributed by atoms with van der Waals surface area (Å²) >= 11 is 6.04. The number of guanidine groups is 1. The normalized spacial score (nSPS) is 17.9. The van der Waals surface area contributed by atoms with E-state index in [2.05, 4.69) is 46.2 Å². The fourth-order valence-corrected chi connectivity index (χ4v) is 3.79. The van der Waals surface area contributed by atoms with E-state index in [-0.39, 0.29) is 0 Å². The van der Waals surface area contributed by atoms with Crippen molar-refractivity contribution in [1.82, 2.24) is 25.3 Å². The molecular formula is C20H29ClN6O. The maximum absolute atomic E-state index is 6.04. The number of hydrogen-bond acceptors (Lipinski definition) is 5. The largest absolute Gasteiger partial charge is 0.357 e. The van der Waals surface area contributed by atoms with Crippen molar-refractivity contribution in [3.05, 3.63) is 35.2 Å². The zero-order valence-corrected chi connectivity index (χ0v) is 17.6. The van der Waals surface area contributed by atoms with Crippen molar-refractivity contribution < 1.29 is 4.52 Å². The van der Waals surface area contributed by atoms with E-state index in [4.69, 9.17) is 21.1 Å². The second-order valence-corrected chi connectivity index (χ2v) is 7.43. The molecule has 0 spiro atoms. The predicted octanol–water partition coefficient (Wildman–Crippen LogP) is 3.27. The highest BCUT2D eigenvalue weighted by molar-refractivity contribution is 6.30. The van der Waals surface area contributed by atoms with Crippen molar-refractivity contribution in [2.45, 2.75) is 39.3 Å². The molecule has 152 valence electrons. The number of nitrogens with one attached hydrogen (secondary N) is 1. The fraction of sp³-hybridized carbons (Fsp3) is 0.550. The van der Waals surface area contributed by atoms with Crippen LogP contribution in [0.2, 0.25) is 5.02 Å². The first-order valence-electron chi connectivity index (χ1n) is 9.92. The Labute approximate surface area is 171 Å². The smallest absolute Gasteiger partial charge is 0.248 e. The van der Waals surface area contributed by atoms with Gasteiger partial charge in [0.05, 0.1) is 0 Å². The molecule has 0 radical (unpaired) electrons. The second kappa shape index (κ2) is 9.89. The molecule has 1 saturated heterocycles. The highest BCUT2D eigenvalue weighted by atomic mass is 35.5. The van der Waals surface area contributed by atoms with Crippen molar-refractivity contribution in [3.8, 4) is 11.4 Å². The van der Waals surface area contributed by atoms with Gasteiger partial charge in [0.15, 0.2) is 5.96 Å². The third-order valence-corrected chi connectivity index (χ3v) is 5.24. The third kappa shape index (κ3) is 5.23. The molecule has 0 aliphatic carbocycles. The monoisotopic (exact) mass is 404 g/mol. The van der Waals surface area contributed by atoms with Crippen LogP contribution in [0.5, 0.6) is 0 Å². The number of halogens is 1. The van der Waals surface area contributed by atoms with E-state index in [1.54, 1.807) is 0 Å². The predicted molar refractivity (Wildman–Crippen MR) is 112 cm³/mol. The van der Waals surface area contributed by atoms with Crippen LogP contribution in [0, 0.1) is 0 Å². The minimum Gasteiger partial charge on any atom is -0.357 e. The quantitative estimate of drug-likeness (QED) is 0.564. The van der Waals surface area contributed by atoms with Gasteiger partial charge >= 0.3 is 0 Å². The molecule has 1 aromatic heterocycles. The van der Waals surface area contributed by atoms with Crippen molar-refractivity contribution in [3.63, 3.8) is 0 Å². The lowest BCUT2D eigenvalue weighted by atomic mass is 10.2. The molecule has 1 N–H and O–H groups in total. The van der Waals surface area contributed by atoms with E-state index in [0.29, 0.717) is 29.3 Å². The summed E-state index contributed by atoms with van der Waals surface area (Å²) in [6.45, 7) is 8.69. The molecule has 1 aliphatic rings. The molecule has 0 amide bonds. The van der Waals surface area contributed by atoms with E-state index in [9.17, 15) is 0 Å². The van der Waals surface area contributed by atoms with E-state index < -0.39 is 0 Å². The molecule has 0 bridgehead atoms. The van der Waals surface area contributed by atoms with Crippen molar-refractivity contribution in [2.24, 2.45) is 4.99 Å². The lowest BCUT2D eigenvalue weighted by Crippen LogP contribution is -2.45. The van der Waals surface area contributed by atoms with Gasteiger partial charge < -0.3 is 14.7 Å². The highest BCUT2D eigenvalue weighted by Gasteiger charge is 2.25. The summed E-state index contributed by atoms with van der Waals surface area (Å²) in [5.74, 6) is 1.86. The van der Waals surface area contributed by atoms with Crippen LogP contribution in [0.4, 0.5) is 0 Å². The van der Waals surface area contributed by atoms with Gasteiger partial charge in [0.2, 0.25) is 11.7 Å². The fourth-order valence-electron chi connectivity index (χ4n) is 3.60. The molecule has 1 aromatic carbocycles. The minimum atomic E-state index is 0.336. The number of nitrogens with zero attached hydrogens (tertiary/aromatic N) is 5. The van der Waals surface area contributed by atoms with Gasteiger partial charge in [-0.05, 0) is 45.0 Å². The first-order chi connectivity index (χ1) is 13.6. The standard InChI is InChI=1S/C20H29ClN6O/c1-4-22-20(26(3)14-17-10-7-11-27(17)5-2)23-13-18-24-19(25-28-18)15-8-6-9-16(21)12-15/h6,8-9,12,17H,4-5,7,10-11,13-14H2,1-3H3,(H,22,23). The molecule has 1 atom stereocenters. The maximum Gasteiger partial charge on any atom is 0.248 e. The molecule has 1 unspecified atom stereocenters. The zero-order chi connectivity index (χ0) is 19.9. The van der Waals surface area contributed by atoms with Crippen LogP contribution in [0.3, 0.4) is 0 Å². The number of benzene rings is 1. The Kier molecular flexibility index (Phi) is 7.28. The van der Waals surface area contributed by atoms with Crippen LogP contribution in [-0.4, -0.2) is 65.2 Å². The summed E-state index contributed by atoms with van der Waals surface area (Å²) in [7, 11) is 2.08. The Morgan fingerprint density at radius 1 is 1.43 bits per heavy atom. The molecule has 28 heavy (non-hydrogen) atoms. The second-order valence-electron chi connectivity index (χ2n) is 7.00. The van der Waals surface area contributed by atoms with Gasteiger partial charge in [-0.1, -0.05) is 35.8 Å². The van der Waals surface area contributed by atoms with Gasteiger partial charge in [-0.15, -0.1) is 0 Å². The summed E-state index contributed by atoms with van der Waals surface area (Å²) in [4.78, 5) is 13.9. The lowest BCUT2D eigenvalue weighted by molar-refractivity contribution is 0.232. The van der Waals surface area contributed by atoms with Gasteiger partial charge in [0.25, 0.3) is 0 Å². The van der Waals surface area contributed by atoms with Crippen molar-refractivity contribution in [1.29, 1.82) is 0 Å². The SMILES string of the molecule is CCNC(=NCc1nc(-c2cccc(Cl)c2)no1)N(C)CC1CCCN1CC. The Morgan fingerprint density at radius 2 is 2.29 bits per heavy atom. The summed E-state index contributed by atoms with van der Waals surface area (Å²) < 4.78 is 5.37. The molecule has 1 aliphatic heterocycles. The van der Waals surface area contributed by atoms with Crippen LogP contribution < -0.4 is 5.32 Å². The van der Waals surface area contributed by atoms with Gasteiger partial charge in [-0.2, -0.15) is 4.98 Å². The molecule has 7 nitrogen and oxygen atoms in total. The summed E-state index contributed by atoms with van der Waals surface area (Å²) in [5, 5.41) is 8.05. The zero-order valence-electron chi connectivity index (χ0n) is 16.9. The summed E-state index contributed by atoms with van der Waals surface area (Å²) in [5.41, 5.74) is 0.830. The van der Waals surface area contributed by atoms with E-state index >= 15 is 0 Å². The number of likely N-dealkylation sites (tertiary alicyclic amines) is 1.